The highest BCUT2D eigenvalue weighted by molar-refractivity contribution is 7.17. The van der Waals surface area contributed by atoms with Gasteiger partial charge in [0.15, 0.2) is 0 Å². The predicted molar refractivity (Wildman–Crippen MR) is 101 cm³/mol. The van der Waals surface area contributed by atoms with Gasteiger partial charge in [-0.25, -0.2) is 9.78 Å². The summed E-state index contributed by atoms with van der Waals surface area (Å²) in [6.07, 6.45) is 0. The summed E-state index contributed by atoms with van der Waals surface area (Å²) in [7, 11) is 1.33. The molecule has 1 aromatic carbocycles. The number of hydrogen-bond acceptors (Lipinski definition) is 6. The number of nitrogens with one attached hydrogen (secondary N) is 1. The largest absolute Gasteiger partial charge is 0.465 e. The van der Waals surface area contributed by atoms with Crippen molar-refractivity contribution in [3.63, 3.8) is 0 Å². The lowest BCUT2D eigenvalue weighted by Crippen LogP contribution is -2.14. The van der Waals surface area contributed by atoms with Crippen LogP contribution in [-0.4, -0.2) is 24.0 Å². The van der Waals surface area contributed by atoms with E-state index in [1.165, 1.54) is 18.4 Å². The van der Waals surface area contributed by atoms with Gasteiger partial charge in [-0.05, 0) is 43.0 Å². The number of thiazole rings is 1. The fraction of sp³-hybridized carbons (Fsp3) is 0.167. The fourth-order valence-corrected chi connectivity index (χ4v) is 4.07. The van der Waals surface area contributed by atoms with Crippen LogP contribution in [0.2, 0.25) is 0 Å². The highest BCUT2D eigenvalue weighted by Crippen LogP contribution is 2.30. The molecular weight excluding hydrogens is 356 g/mol. The summed E-state index contributed by atoms with van der Waals surface area (Å²) in [5, 5.41) is 7.68. The van der Waals surface area contributed by atoms with Crippen LogP contribution in [0.25, 0.3) is 10.6 Å². The van der Waals surface area contributed by atoms with Gasteiger partial charge in [-0.1, -0.05) is 6.07 Å². The smallest absolute Gasteiger partial charge is 0.338 e. The lowest BCUT2D eigenvalue weighted by Gasteiger charge is -2.10. The monoisotopic (exact) mass is 372 g/mol. The van der Waals surface area contributed by atoms with Gasteiger partial charge in [0, 0.05) is 16.6 Å². The van der Waals surface area contributed by atoms with Gasteiger partial charge in [0.1, 0.15) is 9.88 Å². The molecule has 0 saturated heterocycles. The minimum atomic E-state index is -0.428. The number of rotatable bonds is 4. The minimum Gasteiger partial charge on any atom is -0.465 e. The lowest BCUT2D eigenvalue weighted by molar-refractivity contribution is 0.0599. The van der Waals surface area contributed by atoms with Crippen molar-refractivity contribution in [1.82, 2.24) is 4.98 Å². The van der Waals surface area contributed by atoms with E-state index in [1.54, 1.807) is 36.5 Å². The molecule has 0 radical (unpaired) electrons. The zero-order valence-corrected chi connectivity index (χ0v) is 15.6. The van der Waals surface area contributed by atoms with Gasteiger partial charge in [-0.2, -0.15) is 11.3 Å². The second kappa shape index (κ2) is 7.16. The predicted octanol–water partition coefficient (Wildman–Crippen LogP) is 4.53. The van der Waals surface area contributed by atoms with Crippen LogP contribution in [0.15, 0.2) is 35.0 Å². The zero-order valence-electron chi connectivity index (χ0n) is 14.0. The maximum absolute atomic E-state index is 12.7. The van der Waals surface area contributed by atoms with Gasteiger partial charge in [0.25, 0.3) is 5.91 Å². The van der Waals surface area contributed by atoms with Crippen molar-refractivity contribution in [2.45, 2.75) is 13.8 Å². The Morgan fingerprint density at radius 2 is 2.00 bits per heavy atom. The lowest BCUT2D eigenvalue weighted by atomic mass is 10.1. The normalized spacial score (nSPS) is 10.5. The van der Waals surface area contributed by atoms with Gasteiger partial charge >= 0.3 is 5.97 Å². The molecule has 0 fully saturated rings. The summed E-state index contributed by atoms with van der Waals surface area (Å²) in [6.45, 7) is 3.59. The number of esters is 1. The Morgan fingerprint density at radius 3 is 2.68 bits per heavy atom. The molecule has 0 atom stereocenters. The number of ether oxygens (including phenoxy) is 1. The quantitative estimate of drug-likeness (QED) is 0.683. The molecule has 128 valence electrons. The molecule has 3 rings (SSSR count). The van der Waals surface area contributed by atoms with Gasteiger partial charge in [-0.3, -0.25) is 4.79 Å². The highest BCUT2D eigenvalue weighted by Gasteiger charge is 2.19. The summed E-state index contributed by atoms with van der Waals surface area (Å²) in [5.41, 5.74) is 3.38. The summed E-state index contributed by atoms with van der Waals surface area (Å²) in [5.74, 6) is -0.663. The zero-order chi connectivity index (χ0) is 18.0. The van der Waals surface area contributed by atoms with Crippen LogP contribution < -0.4 is 5.32 Å². The number of hydrogen-bond donors (Lipinski definition) is 1. The van der Waals surface area contributed by atoms with Crippen molar-refractivity contribution in [2.24, 2.45) is 0 Å². The molecule has 0 spiro atoms. The molecule has 7 heteroatoms. The number of aryl methyl sites for hydroxylation is 1. The summed E-state index contributed by atoms with van der Waals surface area (Å²) in [6, 6.07) is 7.12. The maximum atomic E-state index is 12.7. The van der Waals surface area contributed by atoms with E-state index < -0.39 is 5.97 Å². The molecule has 2 aromatic heterocycles. The first kappa shape index (κ1) is 17.3. The summed E-state index contributed by atoms with van der Waals surface area (Å²) in [4.78, 5) is 29.5. The number of aromatic nitrogens is 1. The van der Waals surface area contributed by atoms with E-state index in [-0.39, 0.29) is 5.91 Å². The number of amides is 1. The van der Waals surface area contributed by atoms with Crippen LogP contribution in [0, 0.1) is 13.8 Å². The molecule has 3 aromatic rings. The van der Waals surface area contributed by atoms with Crippen molar-refractivity contribution >= 4 is 40.2 Å². The first-order chi connectivity index (χ1) is 12.0. The Bertz CT molecular complexity index is 930. The SMILES string of the molecule is COC(=O)c1cccc(NC(=O)c2sc(-c3ccsc3)nc2C)c1C. The molecule has 0 bridgehead atoms. The van der Waals surface area contributed by atoms with E-state index in [4.69, 9.17) is 4.74 Å². The van der Waals surface area contributed by atoms with Crippen molar-refractivity contribution in [3.05, 3.63) is 56.7 Å². The van der Waals surface area contributed by atoms with Crippen molar-refractivity contribution < 1.29 is 14.3 Å². The van der Waals surface area contributed by atoms with Crippen molar-refractivity contribution in [3.8, 4) is 10.6 Å². The Morgan fingerprint density at radius 1 is 1.20 bits per heavy atom. The minimum absolute atomic E-state index is 0.235. The first-order valence-corrected chi connectivity index (χ1v) is 9.26. The van der Waals surface area contributed by atoms with Crippen molar-refractivity contribution in [2.75, 3.05) is 12.4 Å². The molecule has 0 aliphatic carbocycles. The van der Waals surface area contributed by atoms with Crippen LogP contribution in [0.4, 0.5) is 5.69 Å². The van der Waals surface area contributed by atoms with Crippen LogP contribution in [0.1, 0.15) is 31.3 Å². The van der Waals surface area contributed by atoms with E-state index >= 15 is 0 Å². The molecule has 5 nitrogen and oxygen atoms in total. The summed E-state index contributed by atoms with van der Waals surface area (Å²) >= 11 is 2.95. The average Bonchev–Trinajstić information content (AvgIpc) is 3.25. The average molecular weight is 372 g/mol. The number of benzene rings is 1. The Balaban J connectivity index is 1.87. The van der Waals surface area contributed by atoms with E-state index in [0.717, 1.165) is 10.6 Å². The van der Waals surface area contributed by atoms with Crippen LogP contribution >= 0.6 is 22.7 Å². The Labute approximate surface area is 153 Å². The van der Waals surface area contributed by atoms with E-state index in [9.17, 15) is 9.59 Å². The number of nitrogens with zero attached hydrogens (tertiary/aromatic N) is 1. The summed E-state index contributed by atoms with van der Waals surface area (Å²) < 4.78 is 4.77. The number of thiophene rings is 1. The number of carbonyl (C=O) groups excluding carboxylic acids is 2. The molecule has 0 saturated carbocycles. The standard InChI is InChI=1S/C18H16N2O3S2/c1-10-13(18(22)23-3)5-4-6-14(10)20-16(21)15-11(2)19-17(25-15)12-7-8-24-9-12/h4-9H,1-3H3,(H,20,21). The van der Waals surface area contributed by atoms with E-state index in [0.29, 0.717) is 27.4 Å². The van der Waals surface area contributed by atoms with Crippen LogP contribution in [-0.2, 0) is 4.74 Å². The van der Waals surface area contributed by atoms with Crippen molar-refractivity contribution in [1.29, 1.82) is 0 Å². The second-order valence-electron chi connectivity index (χ2n) is 5.37. The molecule has 25 heavy (non-hydrogen) atoms. The molecule has 1 amide bonds. The third-order valence-electron chi connectivity index (χ3n) is 3.76. The molecule has 0 aliphatic rings. The fourth-order valence-electron chi connectivity index (χ4n) is 2.40. The number of anilines is 1. The Kier molecular flexibility index (Phi) is 4.96. The molecule has 0 aliphatic heterocycles. The number of methoxy groups -OCH3 is 1. The maximum Gasteiger partial charge on any atom is 0.338 e. The van der Waals surface area contributed by atoms with E-state index in [1.807, 2.05) is 23.8 Å². The van der Waals surface area contributed by atoms with Gasteiger partial charge in [0.2, 0.25) is 0 Å². The molecule has 0 unspecified atom stereocenters. The van der Waals surface area contributed by atoms with Gasteiger partial charge in [0.05, 0.1) is 18.4 Å². The first-order valence-electron chi connectivity index (χ1n) is 7.50. The third kappa shape index (κ3) is 3.47. The molecular formula is C18H16N2O3S2. The second-order valence-corrected chi connectivity index (χ2v) is 7.15. The van der Waals surface area contributed by atoms with E-state index in [2.05, 4.69) is 10.3 Å². The molecule has 1 N–H and O–H groups in total. The third-order valence-corrected chi connectivity index (χ3v) is 5.65. The van der Waals surface area contributed by atoms with Gasteiger partial charge < -0.3 is 10.1 Å². The van der Waals surface area contributed by atoms with Gasteiger partial charge in [-0.15, -0.1) is 11.3 Å². The Hall–Kier alpha value is -2.51. The highest BCUT2D eigenvalue weighted by atomic mass is 32.1. The molecule has 2 heterocycles. The van der Waals surface area contributed by atoms with Crippen LogP contribution in [0.3, 0.4) is 0 Å². The number of carbonyl (C=O) groups is 2. The van der Waals surface area contributed by atoms with Crippen LogP contribution in [0.5, 0.6) is 0 Å². The topological polar surface area (TPSA) is 68.3 Å².